The summed E-state index contributed by atoms with van der Waals surface area (Å²) in [6.07, 6.45) is 6.01. The van der Waals surface area contributed by atoms with Crippen LogP contribution in [-0.4, -0.2) is 17.7 Å². The second kappa shape index (κ2) is 7.85. The molecule has 0 amide bonds. The van der Waals surface area contributed by atoms with E-state index in [9.17, 15) is 9.90 Å². The van der Waals surface area contributed by atoms with Crippen molar-refractivity contribution in [3.8, 4) is 5.75 Å². The number of benzene rings is 1. The van der Waals surface area contributed by atoms with Gasteiger partial charge in [-0.15, -0.1) is 0 Å². The van der Waals surface area contributed by atoms with Crippen molar-refractivity contribution in [1.29, 1.82) is 0 Å². The molecule has 0 bridgehead atoms. The van der Waals surface area contributed by atoms with Crippen LogP contribution in [0.25, 0.3) is 0 Å². The molecule has 3 heteroatoms. The predicted molar refractivity (Wildman–Crippen MR) is 92.4 cm³/mol. The standard InChI is InChI=1S/C20H30O3/c1-4-11-20(16-9-6-10-17(21)13-16)12-7-8-15(3)18(20)14-19(22)23-5-2/h6,9-10,13,15,18,21H,4-5,7-8,11-12,14H2,1-3H3/t15-,18?,20?/m1/s1. The fourth-order valence-corrected chi connectivity index (χ4v) is 4.54. The lowest BCUT2D eigenvalue weighted by Gasteiger charge is -2.48. The van der Waals surface area contributed by atoms with E-state index < -0.39 is 0 Å². The van der Waals surface area contributed by atoms with Gasteiger partial charge in [0.15, 0.2) is 0 Å². The summed E-state index contributed by atoms with van der Waals surface area (Å²) in [5.41, 5.74) is 1.15. The number of phenolic OH excluding ortho intramolecular Hbond substituents is 1. The van der Waals surface area contributed by atoms with E-state index in [-0.39, 0.29) is 17.3 Å². The molecule has 1 N–H and O–H groups in total. The van der Waals surface area contributed by atoms with Crippen LogP contribution >= 0.6 is 0 Å². The Hall–Kier alpha value is -1.51. The molecule has 0 aliphatic heterocycles. The SMILES string of the molecule is CCCC1(c2cccc(O)c2)CCC[C@@H](C)C1CC(=O)OCC. The van der Waals surface area contributed by atoms with Crippen LogP contribution in [0, 0.1) is 11.8 Å². The fourth-order valence-electron chi connectivity index (χ4n) is 4.54. The molecule has 1 aromatic carbocycles. The number of phenols is 1. The van der Waals surface area contributed by atoms with Crippen molar-refractivity contribution in [2.24, 2.45) is 11.8 Å². The zero-order valence-corrected chi connectivity index (χ0v) is 14.7. The van der Waals surface area contributed by atoms with Gasteiger partial charge in [-0.25, -0.2) is 0 Å². The van der Waals surface area contributed by atoms with Crippen molar-refractivity contribution in [2.75, 3.05) is 6.61 Å². The maximum absolute atomic E-state index is 12.2. The Morgan fingerprint density at radius 2 is 2.17 bits per heavy atom. The minimum atomic E-state index is -0.0909. The summed E-state index contributed by atoms with van der Waals surface area (Å²) in [6.45, 7) is 6.76. The fraction of sp³-hybridized carbons (Fsp3) is 0.650. The molecule has 0 radical (unpaired) electrons. The number of ether oxygens (including phenoxy) is 1. The average Bonchev–Trinajstić information content (AvgIpc) is 2.51. The third-order valence-corrected chi connectivity index (χ3v) is 5.49. The van der Waals surface area contributed by atoms with E-state index in [0.717, 1.165) is 25.7 Å². The third kappa shape index (κ3) is 3.88. The zero-order valence-electron chi connectivity index (χ0n) is 14.7. The van der Waals surface area contributed by atoms with Crippen molar-refractivity contribution < 1.29 is 14.6 Å². The van der Waals surface area contributed by atoms with Crippen molar-refractivity contribution >= 4 is 5.97 Å². The molecule has 128 valence electrons. The number of rotatable bonds is 6. The summed E-state index contributed by atoms with van der Waals surface area (Å²) >= 11 is 0. The first-order valence-electron chi connectivity index (χ1n) is 8.98. The van der Waals surface area contributed by atoms with Crippen molar-refractivity contribution in [2.45, 2.75) is 64.7 Å². The molecule has 1 aliphatic carbocycles. The largest absolute Gasteiger partial charge is 0.508 e. The summed E-state index contributed by atoms with van der Waals surface area (Å²) in [4.78, 5) is 12.2. The Kier molecular flexibility index (Phi) is 6.09. The van der Waals surface area contributed by atoms with Gasteiger partial charge >= 0.3 is 5.97 Å². The quantitative estimate of drug-likeness (QED) is 0.765. The van der Waals surface area contributed by atoms with Crippen LogP contribution in [0.15, 0.2) is 24.3 Å². The number of esters is 1. The van der Waals surface area contributed by atoms with E-state index in [1.165, 1.54) is 12.0 Å². The summed E-state index contributed by atoms with van der Waals surface area (Å²) in [5.74, 6) is 0.983. The molecular weight excluding hydrogens is 288 g/mol. The normalized spacial score (nSPS) is 27.6. The van der Waals surface area contributed by atoms with Gasteiger partial charge in [-0.1, -0.05) is 45.2 Å². The number of hydrogen-bond donors (Lipinski definition) is 1. The molecule has 1 aromatic rings. The smallest absolute Gasteiger partial charge is 0.306 e. The lowest BCUT2D eigenvalue weighted by Crippen LogP contribution is -2.43. The van der Waals surface area contributed by atoms with Crippen LogP contribution in [0.5, 0.6) is 5.75 Å². The molecule has 0 aromatic heterocycles. The van der Waals surface area contributed by atoms with Gasteiger partial charge in [-0.05, 0) is 54.7 Å². The molecule has 0 saturated heterocycles. The predicted octanol–water partition coefficient (Wildman–Crippen LogP) is 4.82. The molecule has 3 nitrogen and oxygen atoms in total. The number of carbonyl (C=O) groups excluding carboxylic acids is 1. The summed E-state index contributed by atoms with van der Waals surface area (Å²) < 4.78 is 5.24. The monoisotopic (exact) mass is 318 g/mol. The highest BCUT2D eigenvalue weighted by molar-refractivity contribution is 5.70. The maximum Gasteiger partial charge on any atom is 0.306 e. The first-order chi connectivity index (χ1) is 11.0. The zero-order chi connectivity index (χ0) is 16.9. The van der Waals surface area contributed by atoms with Gasteiger partial charge in [-0.3, -0.25) is 4.79 Å². The van der Waals surface area contributed by atoms with E-state index in [1.54, 1.807) is 6.07 Å². The molecule has 2 unspecified atom stereocenters. The highest BCUT2D eigenvalue weighted by Crippen LogP contribution is 2.51. The molecule has 23 heavy (non-hydrogen) atoms. The second-order valence-electron chi connectivity index (χ2n) is 6.94. The van der Waals surface area contributed by atoms with E-state index in [0.29, 0.717) is 24.7 Å². The van der Waals surface area contributed by atoms with Crippen LogP contribution in [0.4, 0.5) is 0 Å². The van der Waals surface area contributed by atoms with Crippen molar-refractivity contribution in [1.82, 2.24) is 0 Å². The Morgan fingerprint density at radius 1 is 1.39 bits per heavy atom. The number of aromatic hydroxyl groups is 1. The Labute approximate surface area is 140 Å². The Morgan fingerprint density at radius 3 is 2.83 bits per heavy atom. The lowest BCUT2D eigenvalue weighted by molar-refractivity contribution is -0.146. The topological polar surface area (TPSA) is 46.5 Å². The molecular formula is C20H30O3. The minimum absolute atomic E-state index is 0.0298. The van der Waals surface area contributed by atoms with Gasteiger partial charge in [0.2, 0.25) is 0 Å². The number of hydrogen-bond acceptors (Lipinski definition) is 3. The average molecular weight is 318 g/mol. The van der Waals surface area contributed by atoms with Gasteiger partial charge in [0.1, 0.15) is 5.75 Å². The van der Waals surface area contributed by atoms with E-state index >= 15 is 0 Å². The molecule has 1 aliphatic rings. The number of carbonyl (C=O) groups is 1. The summed E-state index contributed by atoms with van der Waals surface area (Å²) in [5, 5.41) is 9.95. The highest BCUT2D eigenvalue weighted by Gasteiger charge is 2.45. The second-order valence-corrected chi connectivity index (χ2v) is 6.94. The molecule has 3 atom stereocenters. The third-order valence-electron chi connectivity index (χ3n) is 5.49. The van der Waals surface area contributed by atoms with Crippen molar-refractivity contribution in [3.63, 3.8) is 0 Å². The van der Waals surface area contributed by atoms with Gasteiger partial charge in [-0.2, -0.15) is 0 Å². The maximum atomic E-state index is 12.2. The van der Waals surface area contributed by atoms with Crippen LogP contribution in [0.2, 0.25) is 0 Å². The molecule has 1 fully saturated rings. The van der Waals surface area contributed by atoms with Crippen LogP contribution < -0.4 is 0 Å². The molecule has 1 saturated carbocycles. The molecule has 0 spiro atoms. The van der Waals surface area contributed by atoms with Gasteiger partial charge < -0.3 is 9.84 Å². The van der Waals surface area contributed by atoms with Crippen LogP contribution in [-0.2, 0) is 14.9 Å². The first kappa shape index (κ1) is 17.8. The summed E-state index contributed by atoms with van der Waals surface area (Å²) in [6, 6.07) is 7.65. The van der Waals surface area contributed by atoms with Crippen LogP contribution in [0.3, 0.4) is 0 Å². The molecule has 0 heterocycles. The minimum Gasteiger partial charge on any atom is -0.508 e. The van der Waals surface area contributed by atoms with Gasteiger partial charge in [0.25, 0.3) is 0 Å². The van der Waals surface area contributed by atoms with Gasteiger partial charge in [0.05, 0.1) is 6.61 Å². The Bertz CT molecular complexity index is 521. The van der Waals surface area contributed by atoms with E-state index in [1.807, 2.05) is 19.1 Å². The van der Waals surface area contributed by atoms with Gasteiger partial charge in [0, 0.05) is 6.42 Å². The Balaban J connectivity index is 2.41. The summed E-state index contributed by atoms with van der Waals surface area (Å²) in [7, 11) is 0. The van der Waals surface area contributed by atoms with E-state index in [2.05, 4.69) is 19.9 Å². The van der Waals surface area contributed by atoms with Crippen LogP contribution in [0.1, 0.15) is 64.9 Å². The van der Waals surface area contributed by atoms with E-state index in [4.69, 9.17) is 4.74 Å². The highest BCUT2D eigenvalue weighted by atomic mass is 16.5. The van der Waals surface area contributed by atoms with Crippen molar-refractivity contribution in [3.05, 3.63) is 29.8 Å². The lowest BCUT2D eigenvalue weighted by atomic mass is 9.56. The molecule has 2 rings (SSSR count). The first-order valence-corrected chi connectivity index (χ1v) is 8.98.